The molecular weight excluding hydrogens is 410 g/mol. The summed E-state index contributed by atoms with van der Waals surface area (Å²) < 4.78 is 7.30. The molecule has 1 aromatic heterocycles. The number of aryl methyl sites for hydroxylation is 2. The van der Waals surface area contributed by atoms with Crippen molar-refractivity contribution in [1.82, 2.24) is 25.1 Å². The van der Waals surface area contributed by atoms with E-state index in [1.165, 1.54) is 17.3 Å². The number of hydrogen-bond acceptors (Lipinski definition) is 6. The second kappa shape index (κ2) is 9.76. The molecule has 0 bridgehead atoms. The van der Waals surface area contributed by atoms with Crippen LogP contribution in [0, 0.1) is 13.8 Å². The zero-order chi connectivity index (χ0) is 20.8. The number of ether oxygens (including phenoxy) is 1. The standard InChI is InChI=1S/C20H22ClN5O2S/c1-14-4-9-18(15(2)12-14)26-20(22-23-24-26)29-13-19(27)25(3)10-11-28-17-7-5-16(21)6-8-17/h4-9,12H,10-11,13H2,1-3H3. The van der Waals surface area contributed by atoms with Crippen molar-refractivity contribution in [2.24, 2.45) is 0 Å². The smallest absolute Gasteiger partial charge is 0.232 e. The van der Waals surface area contributed by atoms with Crippen LogP contribution in [0.1, 0.15) is 11.1 Å². The lowest BCUT2D eigenvalue weighted by Gasteiger charge is -2.17. The Balaban J connectivity index is 1.51. The lowest BCUT2D eigenvalue weighted by Crippen LogP contribution is -2.32. The number of benzene rings is 2. The van der Waals surface area contributed by atoms with Gasteiger partial charge in [-0.1, -0.05) is 41.1 Å². The molecule has 0 aliphatic rings. The third kappa shape index (κ3) is 5.71. The number of nitrogens with zero attached hydrogens (tertiary/aromatic N) is 5. The molecule has 0 fully saturated rings. The van der Waals surface area contributed by atoms with Gasteiger partial charge in [-0.25, -0.2) is 0 Å². The molecule has 152 valence electrons. The van der Waals surface area contributed by atoms with E-state index in [1.54, 1.807) is 40.9 Å². The highest BCUT2D eigenvalue weighted by Gasteiger charge is 2.15. The van der Waals surface area contributed by atoms with Gasteiger partial charge in [0.05, 0.1) is 18.0 Å². The van der Waals surface area contributed by atoms with Gasteiger partial charge in [0.25, 0.3) is 0 Å². The van der Waals surface area contributed by atoms with Crippen molar-refractivity contribution >= 4 is 29.3 Å². The van der Waals surface area contributed by atoms with Gasteiger partial charge in [0.2, 0.25) is 11.1 Å². The maximum absolute atomic E-state index is 12.4. The van der Waals surface area contributed by atoms with E-state index < -0.39 is 0 Å². The van der Waals surface area contributed by atoms with Crippen LogP contribution in [0.15, 0.2) is 47.6 Å². The number of tetrazole rings is 1. The van der Waals surface area contributed by atoms with Crippen LogP contribution >= 0.6 is 23.4 Å². The van der Waals surface area contributed by atoms with Crippen molar-refractivity contribution in [2.75, 3.05) is 26.0 Å². The van der Waals surface area contributed by atoms with E-state index in [4.69, 9.17) is 16.3 Å². The number of carbonyl (C=O) groups is 1. The Morgan fingerprint density at radius 2 is 1.97 bits per heavy atom. The number of aromatic nitrogens is 4. The van der Waals surface area contributed by atoms with Gasteiger partial charge in [0, 0.05) is 12.1 Å². The maximum Gasteiger partial charge on any atom is 0.232 e. The average molecular weight is 432 g/mol. The molecule has 7 nitrogen and oxygen atoms in total. The molecule has 29 heavy (non-hydrogen) atoms. The first-order valence-electron chi connectivity index (χ1n) is 9.05. The summed E-state index contributed by atoms with van der Waals surface area (Å²) in [4.78, 5) is 14.1. The van der Waals surface area contributed by atoms with Gasteiger partial charge in [0.1, 0.15) is 12.4 Å². The van der Waals surface area contributed by atoms with Gasteiger partial charge < -0.3 is 9.64 Å². The minimum atomic E-state index is -0.0233. The molecule has 9 heteroatoms. The van der Waals surface area contributed by atoms with E-state index in [0.29, 0.717) is 23.3 Å². The van der Waals surface area contributed by atoms with Crippen molar-refractivity contribution in [3.63, 3.8) is 0 Å². The Labute approximate surface area is 179 Å². The monoisotopic (exact) mass is 431 g/mol. The van der Waals surface area contributed by atoms with Crippen molar-refractivity contribution in [2.45, 2.75) is 19.0 Å². The van der Waals surface area contributed by atoms with Gasteiger partial charge in [0.15, 0.2) is 0 Å². The number of halogens is 1. The Hall–Kier alpha value is -2.58. The highest BCUT2D eigenvalue weighted by Crippen LogP contribution is 2.21. The Morgan fingerprint density at radius 1 is 1.21 bits per heavy atom. The summed E-state index contributed by atoms with van der Waals surface area (Å²) in [6, 6.07) is 13.2. The van der Waals surface area contributed by atoms with Crippen LogP contribution in [0.4, 0.5) is 0 Å². The number of carbonyl (C=O) groups excluding carboxylic acids is 1. The van der Waals surface area contributed by atoms with Crippen LogP contribution in [0.5, 0.6) is 5.75 Å². The van der Waals surface area contributed by atoms with Gasteiger partial charge in [-0.2, -0.15) is 4.68 Å². The van der Waals surface area contributed by atoms with E-state index >= 15 is 0 Å². The molecule has 3 rings (SSSR count). The van der Waals surface area contributed by atoms with Crippen molar-refractivity contribution < 1.29 is 9.53 Å². The topological polar surface area (TPSA) is 73.1 Å². The van der Waals surface area contributed by atoms with Gasteiger partial charge in [-0.3, -0.25) is 4.79 Å². The molecule has 0 saturated heterocycles. The first kappa shape index (κ1) is 21.1. The lowest BCUT2D eigenvalue weighted by atomic mass is 10.1. The van der Waals surface area contributed by atoms with E-state index in [1.807, 2.05) is 26.0 Å². The largest absolute Gasteiger partial charge is 0.492 e. The summed E-state index contributed by atoms with van der Waals surface area (Å²) in [5.41, 5.74) is 3.15. The quantitative estimate of drug-likeness (QED) is 0.508. The SMILES string of the molecule is Cc1ccc(-n2nnnc2SCC(=O)N(C)CCOc2ccc(Cl)cc2)c(C)c1. The maximum atomic E-state index is 12.4. The predicted molar refractivity (Wildman–Crippen MR) is 114 cm³/mol. The van der Waals surface area contributed by atoms with Crippen LogP contribution in [0.2, 0.25) is 5.02 Å². The van der Waals surface area contributed by atoms with Crippen LogP contribution in [-0.4, -0.2) is 57.0 Å². The lowest BCUT2D eigenvalue weighted by molar-refractivity contribution is -0.127. The molecule has 0 aliphatic heterocycles. The first-order chi connectivity index (χ1) is 13.9. The third-order valence-corrected chi connectivity index (χ3v) is 5.44. The molecule has 0 radical (unpaired) electrons. The minimum absolute atomic E-state index is 0.0233. The Kier molecular flexibility index (Phi) is 7.11. The van der Waals surface area contributed by atoms with Crippen LogP contribution in [0.3, 0.4) is 0 Å². The van der Waals surface area contributed by atoms with Crippen LogP contribution < -0.4 is 4.74 Å². The Morgan fingerprint density at radius 3 is 2.69 bits per heavy atom. The molecular formula is C20H22ClN5O2S. The summed E-state index contributed by atoms with van der Waals surface area (Å²) in [5.74, 6) is 0.935. The molecule has 0 saturated carbocycles. The van der Waals surface area contributed by atoms with Crippen molar-refractivity contribution in [3.8, 4) is 11.4 Å². The van der Waals surface area contributed by atoms with E-state index in [2.05, 4.69) is 21.6 Å². The molecule has 0 atom stereocenters. The predicted octanol–water partition coefficient (Wildman–Crippen LogP) is 3.56. The molecule has 0 unspecified atom stereocenters. The summed E-state index contributed by atoms with van der Waals surface area (Å²) >= 11 is 7.16. The van der Waals surface area contributed by atoms with E-state index in [0.717, 1.165) is 17.0 Å². The highest BCUT2D eigenvalue weighted by atomic mass is 35.5. The molecule has 1 amide bonds. The average Bonchev–Trinajstić information content (AvgIpc) is 3.15. The minimum Gasteiger partial charge on any atom is -0.492 e. The third-order valence-electron chi connectivity index (χ3n) is 4.28. The van der Waals surface area contributed by atoms with Gasteiger partial charge >= 0.3 is 0 Å². The van der Waals surface area contributed by atoms with Gasteiger partial charge in [-0.15, -0.1) is 5.10 Å². The highest BCUT2D eigenvalue weighted by molar-refractivity contribution is 7.99. The molecule has 0 aliphatic carbocycles. The first-order valence-corrected chi connectivity index (χ1v) is 10.4. The van der Waals surface area contributed by atoms with Crippen molar-refractivity contribution in [1.29, 1.82) is 0 Å². The molecule has 0 spiro atoms. The molecule has 3 aromatic rings. The van der Waals surface area contributed by atoms with E-state index in [-0.39, 0.29) is 11.7 Å². The number of likely N-dealkylation sites (N-methyl/N-ethyl adjacent to an activating group) is 1. The number of amides is 1. The summed E-state index contributed by atoms with van der Waals surface area (Å²) in [6.07, 6.45) is 0. The van der Waals surface area contributed by atoms with Crippen LogP contribution in [0.25, 0.3) is 5.69 Å². The second-order valence-electron chi connectivity index (χ2n) is 6.57. The van der Waals surface area contributed by atoms with E-state index in [9.17, 15) is 4.79 Å². The summed E-state index contributed by atoms with van der Waals surface area (Å²) in [5, 5.41) is 13.1. The van der Waals surface area contributed by atoms with Gasteiger partial charge in [-0.05, 0) is 60.2 Å². The van der Waals surface area contributed by atoms with Crippen molar-refractivity contribution in [3.05, 3.63) is 58.6 Å². The second-order valence-corrected chi connectivity index (χ2v) is 7.95. The summed E-state index contributed by atoms with van der Waals surface area (Å²) in [7, 11) is 1.75. The number of hydrogen-bond donors (Lipinski definition) is 0. The number of rotatable bonds is 8. The molecule has 1 heterocycles. The zero-order valence-corrected chi connectivity index (χ0v) is 18.1. The Bertz CT molecular complexity index is 977. The fourth-order valence-electron chi connectivity index (χ4n) is 2.66. The molecule has 0 N–H and O–H groups in total. The zero-order valence-electron chi connectivity index (χ0n) is 16.5. The normalized spacial score (nSPS) is 10.8. The van der Waals surface area contributed by atoms with Crippen LogP contribution in [-0.2, 0) is 4.79 Å². The number of thioether (sulfide) groups is 1. The fourth-order valence-corrected chi connectivity index (χ4v) is 3.61. The fraction of sp³-hybridized carbons (Fsp3) is 0.300. The molecule has 2 aromatic carbocycles. The summed E-state index contributed by atoms with van der Waals surface area (Å²) in [6.45, 7) is 4.92.